The summed E-state index contributed by atoms with van der Waals surface area (Å²) in [5.74, 6) is 0.795. The normalized spacial score (nSPS) is 10.8. The van der Waals surface area contributed by atoms with Crippen molar-refractivity contribution in [1.29, 1.82) is 0 Å². The summed E-state index contributed by atoms with van der Waals surface area (Å²) >= 11 is 8.46. The molecule has 1 N–H and O–H groups in total. The van der Waals surface area contributed by atoms with Crippen LogP contribution in [0.1, 0.15) is 0 Å². The van der Waals surface area contributed by atoms with E-state index in [1.807, 2.05) is 42.5 Å². The summed E-state index contributed by atoms with van der Waals surface area (Å²) in [7, 11) is 0. The van der Waals surface area contributed by atoms with Crippen LogP contribution in [-0.2, 0) is 0 Å². The maximum atomic E-state index is 6.15. The average Bonchev–Trinajstić information content (AvgIpc) is 3.08. The van der Waals surface area contributed by atoms with Crippen LogP contribution in [0.4, 0.5) is 0 Å². The third-order valence-corrected chi connectivity index (χ3v) is 4.78. The third-order valence-electron chi connectivity index (χ3n) is 3.87. The molecule has 0 aliphatic heterocycles. The lowest BCUT2D eigenvalue weighted by atomic mass is 10.1. The Morgan fingerprint density at radius 3 is 2.36 bits per heavy atom. The largest absolute Gasteiger partial charge is 0.337 e. The van der Waals surface area contributed by atoms with Crippen molar-refractivity contribution in [2.75, 3.05) is 0 Å². The maximum Gasteiger partial charge on any atom is 0.138 e. The number of benzene rings is 2. The fourth-order valence-corrected chi connectivity index (χ4v) is 3.45. The van der Waals surface area contributed by atoms with Gasteiger partial charge >= 0.3 is 0 Å². The molecule has 0 aliphatic rings. The van der Waals surface area contributed by atoms with Crippen LogP contribution < -0.4 is 0 Å². The zero-order valence-electron chi connectivity index (χ0n) is 13.1. The maximum absolute atomic E-state index is 6.15. The molecule has 0 saturated carbocycles. The lowest BCUT2D eigenvalue weighted by molar-refractivity contribution is 1.30. The highest BCUT2D eigenvalue weighted by molar-refractivity contribution is 14.1. The van der Waals surface area contributed by atoms with Crippen LogP contribution in [0.2, 0.25) is 5.02 Å². The van der Waals surface area contributed by atoms with Gasteiger partial charge in [0.2, 0.25) is 0 Å². The number of hydrogen-bond acceptors (Lipinski definition) is 2. The molecule has 0 fully saturated rings. The highest BCUT2D eigenvalue weighted by atomic mass is 127. The number of pyridine rings is 1. The SMILES string of the molecule is Clc1cccc(-c2nc(-c3ccncc3)c(-c3cccc(I)c3)[nH]2)c1. The van der Waals surface area contributed by atoms with Crippen LogP contribution in [0.5, 0.6) is 0 Å². The van der Waals surface area contributed by atoms with E-state index < -0.39 is 0 Å². The molecule has 0 bridgehead atoms. The fraction of sp³-hybridized carbons (Fsp3) is 0. The van der Waals surface area contributed by atoms with E-state index in [4.69, 9.17) is 16.6 Å². The van der Waals surface area contributed by atoms with E-state index in [2.05, 4.69) is 50.8 Å². The van der Waals surface area contributed by atoms with Crippen molar-refractivity contribution in [2.45, 2.75) is 0 Å². The quantitative estimate of drug-likeness (QED) is 0.380. The number of aromatic amines is 1. The molecule has 4 rings (SSSR count). The van der Waals surface area contributed by atoms with Gasteiger partial charge in [-0.3, -0.25) is 4.98 Å². The number of nitrogens with zero attached hydrogens (tertiary/aromatic N) is 2. The Labute approximate surface area is 164 Å². The number of imidazole rings is 1. The number of halogens is 2. The van der Waals surface area contributed by atoms with Gasteiger partial charge in [0.15, 0.2) is 0 Å². The van der Waals surface area contributed by atoms with Gasteiger partial charge in [-0.25, -0.2) is 4.98 Å². The van der Waals surface area contributed by atoms with Crippen molar-refractivity contribution >= 4 is 34.2 Å². The number of H-pyrrole nitrogens is 1. The Hall–Kier alpha value is -2.18. The lowest BCUT2D eigenvalue weighted by Gasteiger charge is -2.03. The highest BCUT2D eigenvalue weighted by Crippen LogP contribution is 2.33. The van der Waals surface area contributed by atoms with E-state index in [0.29, 0.717) is 5.02 Å². The second-order valence-corrected chi connectivity index (χ2v) is 7.25. The van der Waals surface area contributed by atoms with Gasteiger partial charge < -0.3 is 4.98 Å². The molecule has 5 heteroatoms. The molecule has 122 valence electrons. The van der Waals surface area contributed by atoms with Gasteiger partial charge in [-0.05, 0) is 59.0 Å². The average molecular weight is 458 g/mol. The van der Waals surface area contributed by atoms with E-state index in [9.17, 15) is 0 Å². The number of rotatable bonds is 3. The van der Waals surface area contributed by atoms with Gasteiger partial charge in [-0.15, -0.1) is 0 Å². The summed E-state index contributed by atoms with van der Waals surface area (Å²) in [6.45, 7) is 0. The summed E-state index contributed by atoms with van der Waals surface area (Å²) in [5, 5.41) is 0.690. The Kier molecular flexibility index (Phi) is 4.55. The van der Waals surface area contributed by atoms with E-state index in [-0.39, 0.29) is 0 Å². The Balaban J connectivity index is 1.92. The van der Waals surface area contributed by atoms with E-state index >= 15 is 0 Å². The van der Waals surface area contributed by atoms with E-state index in [1.165, 1.54) is 3.57 Å². The summed E-state index contributed by atoms with van der Waals surface area (Å²) < 4.78 is 1.18. The van der Waals surface area contributed by atoms with Crippen molar-refractivity contribution in [3.63, 3.8) is 0 Å². The summed E-state index contributed by atoms with van der Waals surface area (Å²) in [5.41, 5.74) is 4.96. The molecule has 2 aromatic heterocycles. The van der Waals surface area contributed by atoms with Crippen molar-refractivity contribution in [1.82, 2.24) is 15.0 Å². The van der Waals surface area contributed by atoms with Crippen molar-refractivity contribution < 1.29 is 0 Å². The standard InChI is InChI=1S/C20H13ClIN3/c21-16-5-1-4-15(11-16)20-24-18(13-7-9-23-10-8-13)19(25-20)14-3-2-6-17(22)12-14/h1-12H,(H,24,25). The molecule has 25 heavy (non-hydrogen) atoms. The summed E-state index contributed by atoms with van der Waals surface area (Å²) in [4.78, 5) is 12.4. The van der Waals surface area contributed by atoms with Crippen LogP contribution in [0, 0.1) is 3.57 Å². The van der Waals surface area contributed by atoms with Gasteiger partial charge in [-0.1, -0.05) is 35.9 Å². The third kappa shape index (κ3) is 3.45. The molecule has 0 amide bonds. The molecule has 0 spiro atoms. The molecule has 0 unspecified atom stereocenters. The minimum Gasteiger partial charge on any atom is -0.337 e. The molecular weight excluding hydrogens is 445 g/mol. The molecular formula is C20H13ClIN3. The molecule has 0 atom stereocenters. The first-order valence-corrected chi connectivity index (χ1v) is 9.19. The zero-order chi connectivity index (χ0) is 17.2. The van der Waals surface area contributed by atoms with Gasteiger partial charge in [0.25, 0.3) is 0 Å². The second kappa shape index (κ2) is 6.98. The Bertz CT molecular complexity index is 1030. The number of nitrogens with one attached hydrogen (secondary N) is 1. The Morgan fingerprint density at radius 2 is 1.60 bits per heavy atom. The minimum absolute atomic E-state index is 0.690. The molecule has 3 nitrogen and oxygen atoms in total. The van der Waals surface area contributed by atoms with Crippen LogP contribution in [-0.4, -0.2) is 15.0 Å². The topological polar surface area (TPSA) is 41.6 Å². The summed E-state index contributed by atoms with van der Waals surface area (Å²) in [6, 6.07) is 20.0. The molecule has 0 radical (unpaired) electrons. The van der Waals surface area contributed by atoms with Crippen LogP contribution in [0.3, 0.4) is 0 Å². The van der Waals surface area contributed by atoms with Crippen molar-refractivity contribution in [3.8, 4) is 33.9 Å². The molecule has 0 saturated heterocycles. The van der Waals surface area contributed by atoms with Gasteiger partial charge in [-0.2, -0.15) is 0 Å². The van der Waals surface area contributed by atoms with Gasteiger partial charge in [0.05, 0.1) is 11.4 Å². The minimum atomic E-state index is 0.690. The van der Waals surface area contributed by atoms with E-state index in [1.54, 1.807) is 12.4 Å². The van der Waals surface area contributed by atoms with E-state index in [0.717, 1.165) is 33.9 Å². The van der Waals surface area contributed by atoms with Crippen LogP contribution in [0.25, 0.3) is 33.9 Å². The molecule has 4 aromatic rings. The first kappa shape index (κ1) is 16.3. The predicted octanol–water partition coefficient (Wildman–Crippen LogP) is 6.06. The van der Waals surface area contributed by atoms with Crippen LogP contribution in [0.15, 0.2) is 73.1 Å². The number of hydrogen-bond donors (Lipinski definition) is 1. The first-order valence-electron chi connectivity index (χ1n) is 7.73. The predicted molar refractivity (Wildman–Crippen MR) is 110 cm³/mol. The van der Waals surface area contributed by atoms with Gasteiger partial charge in [0.1, 0.15) is 5.82 Å². The van der Waals surface area contributed by atoms with Crippen molar-refractivity contribution in [2.24, 2.45) is 0 Å². The van der Waals surface area contributed by atoms with Crippen molar-refractivity contribution in [3.05, 3.63) is 81.7 Å². The Morgan fingerprint density at radius 1 is 0.840 bits per heavy atom. The molecule has 0 aliphatic carbocycles. The first-order chi connectivity index (χ1) is 12.2. The molecule has 2 aromatic carbocycles. The van der Waals surface area contributed by atoms with Gasteiger partial charge in [0, 0.05) is 37.7 Å². The zero-order valence-corrected chi connectivity index (χ0v) is 16.0. The molecule has 2 heterocycles. The lowest BCUT2D eigenvalue weighted by Crippen LogP contribution is -1.85. The fourth-order valence-electron chi connectivity index (χ4n) is 2.72. The van der Waals surface area contributed by atoms with Crippen LogP contribution >= 0.6 is 34.2 Å². The number of aromatic nitrogens is 3. The smallest absolute Gasteiger partial charge is 0.138 e. The highest BCUT2D eigenvalue weighted by Gasteiger charge is 2.15. The second-order valence-electron chi connectivity index (χ2n) is 5.57. The monoisotopic (exact) mass is 457 g/mol. The summed E-state index contributed by atoms with van der Waals surface area (Å²) in [6.07, 6.45) is 3.56.